The number of hydrogen-bond donors (Lipinski definition) is 1. The lowest BCUT2D eigenvalue weighted by atomic mass is 10.2. The summed E-state index contributed by atoms with van der Waals surface area (Å²) in [6.07, 6.45) is 0. The Labute approximate surface area is 89.2 Å². The van der Waals surface area contributed by atoms with Crippen molar-refractivity contribution in [3.05, 3.63) is 35.9 Å². The van der Waals surface area contributed by atoms with Crippen molar-refractivity contribution in [2.75, 3.05) is 0 Å². The van der Waals surface area contributed by atoms with Crippen LogP contribution in [0.1, 0.15) is 5.56 Å². The van der Waals surface area contributed by atoms with Gasteiger partial charge in [-0.3, -0.25) is 25.8 Å². The Kier molecular flexibility index (Phi) is 9.74. The van der Waals surface area contributed by atoms with Crippen LogP contribution in [0.25, 0.3) is 0 Å². The van der Waals surface area contributed by atoms with Crippen LogP contribution < -0.4 is 5.73 Å². The molecular formula is C7H8Br2MgN. The molecule has 1 aromatic rings. The normalized spacial score (nSPS) is 7.55. The van der Waals surface area contributed by atoms with Crippen molar-refractivity contribution in [1.29, 1.82) is 0 Å². The third-order valence-electron chi connectivity index (χ3n) is 0.993. The number of rotatable bonds is 1. The molecule has 0 bridgehead atoms. The van der Waals surface area contributed by atoms with E-state index < -0.39 is 0 Å². The lowest BCUT2D eigenvalue weighted by molar-refractivity contribution is 1.07. The van der Waals surface area contributed by atoms with Gasteiger partial charge in [-0.05, 0) is 11.6 Å². The molecular weight excluding hydrogens is 282 g/mol. The Balaban J connectivity index is 0.000000292. The van der Waals surface area contributed by atoms with E-state index in [-0.39, 0.29) is 16.0 Å². The molecule has 11 heavy (non-hydrogen) atoms. The van der Waals surface area contributed by atoms with E-state index in [0.29, 0.717) is 6.54 Å². The van der Waals surface area contributed by atoms with Crippen molar-refractivity contribution < 1.29 is 0 Å². The molecule has 0 saturated heterocycles. The maximum absolute atomic E-state index is 5.32. The maximum Gasteiger partial charge on any atom is 0.560 e. The first-order valence-corrected chi connectivity index (χ1v) is 10.9. The summed E-state index contributed by atoms with van der Waals surface area (Å²) in [6.45, 7) is 0.584. The van der Waals surface area contributed by atoms with E-state index in [9.17, 15) is 0 Å². The first kappa shape index (κ1) is 11.9. The molecule has 1 nitrogen and oxygen atoms in total. The van der Waals surface area contributed by atoms with Crippen LogP contribution >= 0.6 is 25.8 Å². The third kappa shape index (κ3) is 7.27. The van der Waals surface area contributed by atoms with Gasteiger partial charge in [0.05, 0.1) is 0 Å². The average molecular weight is 290 g/mol. The largest absolute Gasteiger partial charge is 0.560 e. The van der Waals surface area contributed by atoms with Crippen LogP contribution in [0.15, 0.2) is 24.3 Å². The van der Waals surface area contributed by atoms with Crippen molar-refractivity contribution in [2.45, 2.75) is 6.54 Å². The van der Waals surface area contributed by atoms with Crippen molar-refractivity contribution in [3.8, 4) is 0 Å². The molecule has 57 valence electrons. The van der Waals surface area contributed by atoms with Crippen LogP contribution in [0.2, 0.25) is 0 Å². The lowest BCUT2D eigenvalue weighted by Gasteiger charge is -1.89. The highest BCUT2D eigenvalue weighted by molar-refractivity contribution is 9.47. The molecule has 1 radical (unpaired) electrons. The van der Waals surface area contributed by atoms with Gasteiger partial charge in [0, 0.05) is 6.54 Å². The molecule has 0 unspecified atom stereocenters. The summed E-state index contributed by atoms with van der Waals surface area (Å²) in [6, 6.07) is 10.7. The highest BCUT2D eigenvalue weighted by atomic mass is 79.9. The fourth-order valence-corrected chi connectivity index (χ4v) is 0.557. The molecule has 1 rings (SSSR count). The van der Waals surface area contributed by atoms with E-state index in [4.69, 9.17) is 5.73 Å². The second-order valence-electron chi connectivity index (χ2n) is 1.69. The van der Waals surface area contributed by atoms with Crippen molar-refractivity contribution in [2.24, 2.45) is 5.73 Å². The number of nitrogens with two attached hydrogens (primary N) is 1. The molecule has 0 aromatic heterocycles. The number of benzene rings is 1. The van der Waals surface area contributed by atoms with E-state index in [0.717, 1.165) is 5.56 Å². The van der Waals surface area contributed by atoms with Crippen molar-refractivity contribution in [3.63, 3.8) is 0 Å². The summed E-state index contributed by atoms with van der Waals surface area (Å²) in [5.41, 5.74) is 6.38. The first-order valence-electron chi connectivity index (χ1n) is 3.12. The molecule has 0 aliphatic carbocycles. The van der Waals surface area contributed by atoms with Gasteiger partial charge in [0.2, 0.25) is 0 Å². The Morgan fingerprint density at radius 3 is 2.36 bits per heavy atom. The fourth-order valence-electron chi connectivity index (χ4n) is 0.557. The molecule has 0 atom stereocenters. The molecule has 0 amide bonds. The van der Waals surface area contributed by atoms with Crippen LogP contribution in [0.5, 0.6) is 0 Å². The molecule has 0 aliphatic heterocycles. The standard InChI is InChI=1S/C7H8N.2BrH.Mg/c8-6-7-4-2-1-3-5-7;;;/h1-4H,6,8H2;2*1H;/q;;;+2/p-2. The summed E-state index contributed by atoms with van der Waals surface area (Å²) < 4.78 is 0. The second kappa shape index (κ2) is 9.00. The van der Waals surface area contributed by atoms with Crippen LogP contribution in [-0.2, 0) is 6.54 Å². The van der Waals surface area contributed by atoms with Gasteiger partial charge in [-0.15, -0.1) is 0 Å². The van der Waals surface area contributed by atoms with Gasteiger partial charge in [0.25, 0.3) is 0 Å². The summed E-state index contributed by atoms with van der Waals surface area (Å²) in [7, 11) is 0. The summed E-state index contributed by atoms with van der Waals surface area (Å²) in [4.78, 5) is 0. The van der Waals surface area contributed by atoms with Gasteiger partial charge in [0.15, 0.2) is 0 Å². The minimum Gasteiger partial charge on any atom is -0.326 e. The Hall–Kier alpha value is 0.906. The molecule has 0 heterocycles. The second-order valence-corrected chi connectivity index (χ2v) is 9.77. The van der Waals surface area contributed by atoms with Gasteiger partial charge in [0.1, 0.15) is 0 Å². The summed E-state index contributed by atoms with van der Waals surface area (Å²) in [5.74, 6) is 0. The molecule has 4 heteroatoms. The van der Waals surface area contributed by atoms with E-state index in [1.807, 2.05) is 24.3 Å². The van der Waals surface area contributed by atoms with Crippen LogP contribution in [0, 0.1) is 6.07 Å². The molecule has 0 fully saturated rings. The van der Waals surface area contributed by atoms with Crippen molar-refractivity contribution in [1.82, 2.24) is 0 Å². The van der Waals surface area contributed by atoms with Gasteiger partial charge >= 0.3 is 16.0 Å². The van der Waals surface area contributed by atoms with E-state index in [1.54, 1.807) is 0 Å². The zero-order valence-corrected chi connectivity index (χ0v) is 10.6. The van der Waals surface area contributed by atoms with Crippen LogP contribution in [-0.4, -0.2) is 16.0 Å². The predicted molar refractivity (Wildman–Crippen MR) is 56.8 cm³/mol. The molecule has 2 N–H and O–H groups in total. The third-order valence-corrected chi connectivity index (χ3v) is 0.993. The van der Waals surface area contributed by atoms with E-state index in [2.05, 4.69) is 31.8 Å². The van der Waals surface area contributed by atoms with Crippen molar-refractivity contribution >= 4 is 41.8 Å². The molecule has 0 aliphatic rings. The Morgan fingerprint density at radius 2 is 2.09 bits per heavy atom. The minimum atomic E-state index is 0.0417. The maximum atomic E-state index is 5.32. The van der Waals surface area contributed by atoms with E-state index >= 15 is 0 Å². The SMILES string of the molecule is NCc1[c]cccc1.[Br][Mg][Br]. The number of hydrogen-bond acceptors (Lipinski definition) is 1. The zero-order valence-electron chi connectivity index (χ0n) is 6.06. The highest BCUT2D eigenvalue weighted by Crippen LogP contribution is 1.92. The quantitative estimate of drug-likeness (QED) is 0.789. The fraction of sp³-hybridized carbons (Fsp3) is 0.143. The van der Waals surface area contributed by atoms with Gasteiger partial charge < -0.3 is 5.73 Å². The highest BCUT2D eigenvalue weighted by Gasteiger charge is 1.80. The first-order chi connectivity index (χ1) is 5.35. The van der Waals surface area contributed by atoms with Crippen LogP contribution in [0.3, 0.4) is 0 Å². The monoisotopic (exact) mass is 288 g/mol. The smallest absolute Gasteiger partial charge is 0.326 e. The minimum absolute atomic E-state index is 0.0417. The zero-order chi connectivity index (χ0) is 8.53. The summed E-state index contributed by atoms with van der Waals surface area (Å²) >= 11 is 6.44. The van der Waals surface area contributed by atoms with Gasteiger partial charge in [-0.2, -0.15) is 0 Å². The Morgan fingerprint density at radius 1 is 1.45 bits per heavy atom. The van der Waals surface area contributed by atoms with Crippen LogP contribution in [0.4, 0.5) is 0 Å². The molecule has 0 spiro atoms. The number of halogens is 2. The topological polar surface area (TPSA) is 26.0 Å². The van der Waals surface area contributed by atoms with Gasteiger partial charge in [-0.25, -0.2) is 0 Å². The Bertz CT molecular complexity index is 169. The van der Waals surface area contributed by atoms with E-state index in [1.165, 1.54) is 0 Å². The summed E-state index contributed by atoms with van der Waals surface area (Å²) in [5, 5.41) is 0. The average Bonchev–Trinajstić information content (AvgIpc) is 2.08. The molecule has 1 aromatic carbocycles. The van der Waals surface area contributed by atoms with Gasteiger partial charge in [-0.1, -0.05) is 24.3 Å². The lowest BCUT2D eigenvalue weighted by Crippen LogP contribution is -1.94. The molecule has 0 saturated carbocycles. The predicted octanol–water partition coefficient (Wildman–Crippen LogP) is 2.26.